The minimum atomic E-state index is -0.519. The second-order valence-corrected chi connectivity index (χ2v) is 16.3. The minimum Gasteiger partial charge on any atom is -0.350 e. The number of nitrogens with one attached hydrogen (secondary N) is 2. The summed E-state index contributed by atoms with van der Waals surface area (Å²) in [6.07, 6.45) is -0.273. The Morgan fingerprint density at radius 2 is 0.871 bits per heavy atom. The van der Waals surface area contributed by atoms with E-state index in [1.165, 1.54) is 67.0 Å². The number of nitrogens with zero attached hydrogens (tertiary/aromatic N) is 2. The number of anilines is 3. The van der Waals surface area contributed by atoms with Crippen molar-refractivity contribution in [1.29, 1.82) is 0 Å². The van der Waals surface area contributed by atoms with E-state index in [9.17, 15) is 0 Å². The van der Waals surface area contributed by atoms with E-state index in [2.05, 4.69) is 240 Å². The first-order chi connectivity index (χ1) is 30.8. The van der Waals surface area contributed by atoms with Crippen molar-refractivity contribution in [2.75, 3.05) is 4.90 Å². The Hall–Kier alpha value is -7.79. The van der Waals surface area contributed by atoms with Gasteiger partial charge in [-0.1, -0.05) is 200 Å². The Morgan fingerprint density at radius 1 is 0.387 bits per heavy atom. The zero-order valence-corrected chi connectivity index (χ0v) is 34.0. The van der Waals surface area contributed by atoms with Crippen molar-refractivity contribution in [2.24, 2.45) is 4.99 Å². The summed E-state index contributed by atoms with van der Waals surface area (Å²) in [6.45, 7) is 0. The Kier molecular flexibility index (Phi) is 8.58. The fourth-order valence-corrected chi connectivity index (χ4v) is 10.3. The van der Waals surface area contributed by atoms with E-state index >= 15 is 0 Å². The van der Waals surface area contributed by atoms with Gasteiger partial charge in [0.25, 0.3) is 0 Å². The first kappa shape index (κ1) is 36.1. The highest BCUT2D eigenvalue weighted by Crippen LogP contribution is 2.63. The zero-order chi connectivity index (χ0) is 41.0. The van der Waals surface area contributed by atoms with Crippen LogP contribution in [0.25, 0.3) is 33.4 Å². The fourth-order valence-electron chi connectivity index (χ4n) is 10.3. The molecule has 3 aliphatic rings. The van der Waals surface area contributed by atoms with E-state index in [1.807, 2.05) is 6.07 Å². The summed E-state index contributed by atoms with van der Waals surface area (Å²) in [5.74, 6) is 0.869. The molecule has 0 fully saturated rings. The summed E-state index contributed by atoms with van der Waals surface area (Å²) < 4.78 is 0. The maximum atomic E-state index is 5.20. The van der Waals surface area contributed by atoms with Gasteiger partial charge in [0, 0.05) is 11.3 Å². The summed E-state index contributed by atoms with van der Waals surface area (Å²) in [4.78, 5) is 7.64. The molecule has 9 aromatic carbocycles. The first-order valence-electron chi connectivity index (χ1n) is 21.4. The molecule has 2 heterocycles. The Morgan fingerprint density at radius 3 is 1.53 bits per heavy atom. The van der Waals surface area contributed by atoms with Crippen molar-refractivity contribution in [2.45, 2.75) is 17.7 Å². The zero-order valence-electron chi connectivity index (χ0n) is 34.0. The molecule has 9 aromatic rings. The molecule has 4 heteroatoms. The van der Waals surface area contributed by atoms with Gasteiger partial charge >= 0.3 is 0 Å². The standard InChI is InChI=1S/C58H42N4/c1-4-18-40(19-5-1)55-59-56(41-20-6-2-7-21-41)61-57(60-55)42-34-32-39(33-35-42)45-24-10-11-25-46(45)43-36-37-48-47-26-12-13-27-49(47)58(52(48)38-43)50-28-14-16-30-53(50)62(44-22-8-3-9-23-44)54-31-17-15-29-51(54)58/h1-38,55-56,59H,(H,60,61). The van der Waals surface area contributed by atoms with E-state index in [0.29, 0.717) is 0 Å². The van der Waals surface area contributed by atoms with Crippen LogP contribution < -0.4 is 15.5 Å². The normalized spacial score (nSPS) is 16.6. The predicted molar refractivity (Wildman–Crippen MR) is 254 cm³/mol. The van der Waals surface area contributed by atoms with Crippen molar-refractivity contribution in [3.63, 3.8) is 0 Å². The first-order valence-corrected chi connectivity index (χ1v) is 21.4. The van der Waals surface area contributed by atoms with E-state index in [4.69, 9.17) is 4.99 Å². The molecule has 0 radical (unpaired) electrons. The maximum Gasteiger partial charge on any atom is 0.131 e. The Labute approximate surface area is 362 Å². The fraction of sp³-hybridized carbons (Fsp3) is 0.0517. The highest BCUT2D eigenvalue weighted by atomic mass is 15.3. The highest BCUT2D eigenvalue weighted by Gasteiger charge is 2.51. The second-order valence-electron chi connectivity index (χ2n) is 16.3. The topological polar surface area (TPSA) is 39.7 Å². The molecule has 1 aliphatic carbocycles. The molecule has 2 unspecified atom stereocenters. The summed E-state index contributed by atoms with van der Waals surface area (Å²) in [7, 11) is 0. The Bertz CT molecular complexity index is 3090. The number of para-hydroxylation sites is 3. The molecule has 12 rings (SSSR count). The molecule has 0 amide bonds. The van der Waals surface area contributed by atoms with Gasteiger partial charge in [0.05, 0.1) is 16.8 Å². The number of hydrogen-bond acceptors (Lipinski definition) is 4. The third-order valence-electron chi connectivity index (χ3n) is 13.0. The number of amidine groups is 1. The molecule has 2 atom stereocenters. The van der Waals surface area contributed by atoms with E-state index < -0.39 is 5.41 Å². The lowest BCUT2D eigenvalue weighted by Gasteiger charge is -2.45. The molecule has 0 aromatic heterocycles. The average molecular weight is 795 g/mol. The largest absolute Gasteiger partial charge is 0.350 e. The molecule has 0 bridgehead atoms. The van der Waals surface area contributed by atoms with Gasteiger partial charge < -0.3 is 10.2 Å². The van der Waals surface area contributed by atoms with Gasteiger partial charge in [-0.3, -0.25) is 5.32 Å². The molecule has 2 N–H and O–H groups in total. The van der Waals surface area contributed by atoms with Crippen molar-refractivity contribution in [1.82, 2.24) is 10.6 Å². The van der Waals surface area contributed by atoms with Crippen molar-refractivity contribution < 1.29 is 0 Å². The second kappa shape index (κ2) is 14.7. The monoisotopic (exact) mass is 794 g/mol. The molecular weight excluding hydrogens is 753 g/mol. The predicted octanol–water partition coefficient (Wildman–Crippen LogP) is 13.5. The van der Waals surface area contributed by atoms with Crippen LogP contribution in [0.15, 0.2) is 236 Å². The van der Waals surface area contributed by atoms with Crippen LogP contribution in [0.5, 0.6) is 0 Å². The molecule has 4 nitrogen and oxygen atoms in total. The molecule has 0 saturated heterocycles. The van der Waals surface area contributed by atoms with Gasteiger partial charge in [-0.2, -0.15) is 0 Å². The van der Waals surface area contributed by atoms with Gasteiger partial charge in [0.2, 0.25) is 0 Å². The molecule has 1 spiro atoms. The average Bonchev–Trinajstić information content (AvgIpc) is 3.65. The quantitative estimate of drug-likeness (QED) is 0.176. The minimum absolute atomic E-state index is 0.0898. The van der Waals surface area contributed by atoms with Gasteiger partial charge in [-0.15, -0.1) is 0 Å². The van der Waals surface area contributed by atoms with Crippen LogP contribution >= 0.6 is 0 Å². The molecule has 294 valence electrons. The van der Waals surface area contributed by atoms with Crippen LogP contribution in [0.3, 0.4) is 0 Å². The highest BCUT2D eigenvalue weighted by molar-refractivity contribution is 6.01. The summed E-state index contributed by atoms with van der Waals surface area (Å²) >= 11 is 0. The lowest BCUT2D eigenvalue weighted by atomic mass is 9.64. The third kappa shape index (κ3) is 5.68. The van der Waals surface area contributed by atoms with Crippen molar-refractivity contribution in [3.8, 4) is 33.4 Å². The van der Waals surface area contributed by atoms with Gasteiger partial charge in [-0.05, 0) is 97.1 Å². The number of hydrogen-bond donors (Lipinski definition) is 2. The molecule has 62 heavy (non-hydrogen) atoms. The van der Waals surface area contributed by atoms with Crippen LogP contribution in [0.2, 0.25) is 0 Å². The van der Waals surface area contributed by atoms with Gasteiger partial charge in [0.15, 0.2) is 0 Å². The summed E-state index contributed by atoms with van der Waals surface area (Å²) in [5, 5.41) is 7.42. The van der Waals surface area contributed by atoms with Crippen molar-refractivity contribution >= 4 is 22.9 Å². The number of fused-ring (bicyclic) bond motifs is 9. The number of rotatable bonds is 6. The third-order valence-corrected chi connectivity index (χ3v) is 13.0. The summed E-state index contributed by atoms with van der Waals surface area (Å²) in [5.41, 5.74) is 18.9. The maximum absolute atomic E-state index is 5.20. The van der Waals surface area contributed by atoms with Crippen LogP contribution in [0, 0.1) is 0 Å². The van der Waals surface area contributed by atoms with Crippen LogP contribution in [0.4, 0.5) is 17.1 Å². The van der Waals surface area contributed by atoms with E-state index in [0.717, 1.165) is 28.2 Å². The SMILES string of the molecule is c1ccc(C2N=C(c3ccc(-c4ccccc4-c4ccc5c(c4)C4(c6ccccc6-5)c5ccccc5N(c5ccccc5)c5ccccc54)cc3)NC(c3ccccc3)N2)cc1. The lowest BCUT2D eigenvalue weighted by Crippen LogP contribution is -2.44. The number of aliphatic imine (C=N–C) groups is 1. The Balaban J connectivity index is 0.972. The van der Waals surface area contributed by atoms with Crippen molar-refractivity contribution in [3.05, 3.63) is 269 Å². The van der Waals surface area contributed by atoms with Crippen LogP contribution in [-0.4, -0.2) is 5.84 Å². The van der Waals surface area contributed by atoms with Gasteiger partial charge in [-0.25, -0.2) is 4.99 Å². The number of benzene rings is 9. The molecule has 2 aliphatic heterocycles. The van der Waals surface area contributed by atoms with E-state index in [-0.39, 0.29) is 12.3 Å². The summed E-state index contributed by atoms with van der Waals surface area (Å²) in [6, 6.07) is 83.7. The smallest absolute Gasteiger partial charge is 0.131 e. The van der Waals surface area contributed by atoms with Gasteiger partial charge in [0.1, 0.15) is 18.2 Å². The van der Waals surface area contributed by atoms with Crippen LogP contribution in [0.1, 0.15) is 51.3 Å². The van der Waals surface area contributed by atoms with E-state index in [1.54, 1.807) is 0 Å². The van der Waals surface area contributed by atoms with Crippen LogP contribution in [-0.2, 0) is 5.41 Å². The lowest BCUT2D eigenvalue weighted by molar-refractivity contribution is 0.409. The molecular formula is C58H42N4. The molecule has 0 saturated carbocycles.